The molecule has 0 radical (unpaired) electrons. The number of likely N-dealkylation sites (N-methyl/N-ethyl adjacent to an activating group) is 1. The normalized spacial score (nSPS) is 15.9. The largest absolute Gasteiger partial charge is 0.497 e. The molecule has 0 bridgehead atoms. The summed E-state index contributed by atoms with van der Waals surface area (Å²) >= 11 is 0. The van der Waals surface area contributed by atoms with Crippen LogP contribution < -0.4 is 19.1 Å². The molecule has 1 N–H and O–H groups in total. The van der Waals surface area contributed by atoms with Crippen LogP contribution in [0.15, 0.2) is 30.3 Å². The molecular weight excluding hydrogens is 376 g/mol. The van der Waals surface area contributed by atoms with Gasteiger partial charge in [0.05, 0.1) is 31.1 Å². The molecule has 30 heavy (non-hydrogen) atoms. The molecule has 0 aliphatic carbocycles. The lowest BCUT2D eigenvalue weighted by atomic mass is 9.93. The molecule has 0 spiro atoms. The van der Waals surface area contributed by atoms with Crippen molar-refractivity contribution in [2.75, 3.05) is 39.7 Å². The van der Waals surface area contributed by atoms with Crippen molar-refractivity contribution in [1.82, 2.24) is 10.00 Å². The molecule has 3 heterocycles. The fourth-order valence-corrected chi connectivity index (χ4v) is 4.48. The van der Waals surface area contributed by atoms with Gasteiger partial charge in [-0.05, 0) is 58.3 Å². The van der Waals surface area contributed by atoms with Crippen molar-refractivity contribution < 1.29 is 14.2 Å². The molecule has 1 aromatic heterocycles. The van der Waals surface area contributed by atoms with Crippen LogP contribution in [-0.4, -0.2) is 50.4 Å². The van der Waals surface area contributed by atoms with E-state index in [2.05, 4.69) is 84.9 Å². The average Bonchev–Trinajstić information content (AvgIpc) is 3.06. The van der Waals surface area contributed by atoms with E-state index >= 15 is 0 Å². The Morgan fingerprint density at radius 3 is 2.77 bits per heavy atom. The van der Waals surface area contributed by atoms with E-state index < -0.39 is 0 Å². The van der Waals surface area contributed by atoms with Gasteiger partial charge < -0.3 is 19.3 Å². The topological polar surface area (TPSA) is 44.6 Å². The molecular formula is C24H29N4O2+. The van der Waals surface area contributed by atoms with Crippen molar-refractivity contribution in [2.24, 2.45) is 0 Å². The molecule has 2 aliphatic rings. The molecule has 6 nitrogen and oxygen atoms in total. The van der Waals surface area contributed by atoms with E-state index in [4.69, 9.17) is 9.47 Å². The molecule has 2 aromatic carbocycles. The maximum atomic E-state index is 6.39. The van der Waals surface area contributed by atoms with Crippen LogP contribution in [0.2, 0.25) is 0 Å². The first kappa shape index (κ1) is 19.0. The number of benzene rings is 2. The van der Waals surface area contributed by atoms with Crippen molar-refractivity contribution in [3.63, 3.8) is 0 Å². The van der Waals surface area contributed by atoms with E-state index in [0.717, 1.165) is 52.6 Å². The van der Waals surface area contributed by atoms with Gasteiger partial charge in [0.25, 0.3) is 0 Å². The standard InChI is InChI=1S/C24H28N4O2/c1-24(2)10-9-16-20(30-24)14-19-21-22(25-28(19)12-11-26(3)4)17-13-15(29-6)7-8-18(17)27(5)23(16)21/h7-10,13-14H,11-12H2,1-6H3/p+1. The average molecular weight is 406 g/mol. The number of aromatic amines is 1. The molecule has 156 valence electrons. The van der Waals surface area contributed by atoms with E-state index in [-0.39, 0.29) is 5.60 Å². The summed E-state index contributed by atoms with van der Waals surface area (Å²) in [6.45, 7) is 6.00. The van der Waals surface area contributed by atoms with Gasteiger partial charge in [0.2, 0.25) is 5.52 Å². The number of hydrogen-bond acceptors (Lipinski definition) is 4. The summed E-state index contributed by atoms with van der Waals surface area (Å²) in [7, 11) is 8.04. The van der Waals surface area contributed by atoms with Crippen LogP contribution >= 0.6 is 0 Å². The zero-order chi connectivity index (χ0) is 21.2. The van der Waals surface area contributed by atoms with Crippen molar-refractivity contribution in [3.8, 4) is 22.8 Å². The van der Waals surface area contributed by atoms with Crippen molar-refractivity contribution in [1.29, 1.82) is 0 Å². The highest BCUT2D eigenvalue weighted by molar-refractivity contribution is 6.12. The maximum absolute atomic E-state index is 6.39. The number of fused-ring (bicyclic) bond motifs is 4. The van der Waals surface area contributed by atoms with Gasteiger partial charge in [-0.3, -0.25) is 0 Å². The minimum atomic E-state index is -0.320. The van der Waals surface area contributed by atoms with E-state index in [9.17, 15) is 0 Å². The lowest BCUT2D eigenvalue weighted by molar-refractivity contribution is -0.725. The highest BCUT2D eigenvalue weighted by Gasteiger charge is 2.36. The number of nitrogens with one attached hydrogen (secondary N) is 1. The first-order valence-corrected chi connectivity index (χ1v) is 10.4. The second kappa shape index (κ2) is 6.51. The van der Waals surface area contributed by atoms with Gasteiger partial charge in [0, 0.05) is 18.2 Å². The van der Waals surface area contributed by atoms with E-state index in [1.807, 2.05) is 6.07 Å². The van der Waals surface area contributed by atoms with Gasteiger partial charge in [-0.1, -0.05) is 0 Å². The third-order valence-electron chi connectivity index (χ3n) is 6.03. The Hall–Kier alpha value is -2.99. The number of ether oxygens (including phenoxy) is 2. The van der Waals surface area contributed by atoms with Crippen molar-refractivity contribution >= 4 is 28.4 Å². The highest BCUT2D eigenvalue weighted by atomic mass is 16.5. The monoisotopic (exact) mass is 405 g/mol. The van der Waals surface area contributed by atoms with Crippen LogP contribution in [-0.2, 0) is 6.54 Å². The molecule has 0 saturated heterocycles. The number of H-pyrrole nitrogens is 1. The van der Waals surface area contributed by atoms with Crippen LogP contribution in [0.4, 0.5) is 11.4 Å². The summed E-state index contributed by atoms with van der Waals surface area (Å²) in [5, 5.41) is 4.91. The minimum Gasteiger partial charge on any atom is -0.497 e. The van der Waals surface area contributed by atoms with Crippen molar-refractivity contribution in [3.05, 3.63) is 35.9 Å². The molecule has 0 saturated carbocycles. The Kier molecular flexibility index (Phi) is 4.12. The molecule has 0 atom stereocenters. The Labute approximate surface area is 177 Å². The summed E-state index contributed by atoms with van der Waals surface area (Å²) < 4.78 is 14.1. The van der Waals surface area contributed by atoms with Crippen molar-refractivity contribution in [2.45, 2.75) is 26.0 Å². The Bertz CT molecular complexity index is 1190. The summed E-state index contributed by atoms with van der Waals surface area (Å²) in [6, 6.07) is 8.45. The number of rotatable bonds is 4. The molecule has 2 aliphatic heterocycles. The van der Waals surface area contributed by atoms with Gasteiger partial charge in [-0.25, -0.2) is 0 Å². The number of anilines is 2. The molecule has 3 aromatic rings. The van der Waals surface area contributed by atoms with Gasteiger partial charge in [0.15, 0.2) is 6.54 Å². The molecule has 6 heteroatoms. The van der Waals surface area contributed by atoms with Crippen LogP contribution in [0, 0.1) is 0 Å². The molecule has 0 fully saturated rings. The summed E-state index contributed by atoms with van der Waals surface area (Å²) in [5.41, 5.74) is 6.59. The third-order valence-corrected chi connectivity index (χ3v) is 6.03. The first-order chi connectivity index (χ1) is 14.3. The first-order valence-electron chi connectivity index (χ1n) is 10.4. The van der Waals surface area contributed by atoms with Gasteiger partial charge in [0.1, 0.15) is 28.2 Å². The van der Waals surface area contributed by atoms with E-state index in [0.29, 0.717) is 0 Å². The van der Waals surface area contributed by atoms with Crippen LogP contribution in [0.3, 0.4) is 0 Å². The predicted molar refractivity (Wildman–Crippen MR) is 121 cm³/mol. The minimum absolute atomic E-state index is 0.320. The van der Waals surface area contributed by atoms with Gasteiger partial charge in [-0.2, -0.15) is 5.10 Å². The zero-order valence-electron chi connectivity index (χ0n) is 18.5. The van der Waals surface area contributed by atoms with Gasteiger partial charge in [-0.15, -0.1) is 4.68 Å². The Balaban J connectivity index is 1.82. The van der Waals surface area contributed by atoms with Crippen LogP contribution in [0.25, 0.3) is 28.2 Å². The molecule has 0 unspecified atom stereocenters. The second-order valence-corrected chi connectivity index (χ2v) is 8.95. The lowest BCUT2D eigenvalue weighted by Gasteiger charge is -2.33. The summed E-state index contributed by atoms with van der Waals surface area (Å²) in [4.78, 5) is 4.48. The fourth-order valence-electron chi connectivity index (χ4n) is 4.48. The maximum Gasteiger partial charge on any atom is 0.244 e. The quantitative estimate of drug-likeness (QED) is 0.668. The summed E-state index contributed by atoms with van der Waals surface area (Å²) in [6.07, 6.45) is 4.35. The van der Waals surface area contributed by atoms with Crippen LogP contribution in [0.5, 0.6) is 11.5 Å². The van der Waals surface area contributed by atoms with E-state index in [1.54, 1.807) is 7.11 Å². The van der Waals surface area contributed by atoms with E-state index in [1.165, 1.54) is 11.1 Å². The smallest absolute Gasteiger partial charge is 0.244 e. The molecule has 5 rings (SSSR count). The highest BCUT2D eigenvalue weighted by Crippen LogP contribution is 2.51. The predicted octanol–water partition coefficient (Wildman–Crippen LogP) is 3.96. The number of methoxy groups -OCH3 is 1. The Morgan fingerprint density at radius 1 is 1.23 bits per heavy atom. The zero-order valence-corrected chi connectivity index (χ0v) is 18.5. The Morgan fingerprint density at radius 2 is 2.03 bits per heavy atom. The van der Waals surface area contributed by atoms with Crippen LogP contribution in [0.1, 0.15) is 19.4 Å². The number of hydrogen-bond donors (Lipinski definition) is 1. The number of nitrogens with zero attached hydrogens (tertiary/aromatic N) is 3. The summed E-state index contributed by atoms with van der Waals surface area (Å²) in [5.74, 6) is 1.79. The lowest BCUT2D eigenvalue weighted by Crippen LogP contribution is -2.40. The van der Waals surface area contributed by atoms with Gasteiger partial charge >= 0.3 is 0 Å². The fraction of sp³-hybridized carbons (Fsp3) is 0.375. The third kappa shape index (κ3) is 2.78. The SMILES string of the molecule is COc1ccc2c(c1)-c1[nH][n+](CCN(C)C)c3cc4c(c(c13)N2C)C=CC(C)(C)O4. The molecule has 0 amide bonds. The second-order valence-electron chi connectivity index (χ2n) is 8.95. The number of aromatic nitrogens is 2.